The first kappa shape index (κ1) is 23.6. The molecular weight excluding hydrogens is 358 g/mol. The summed E-state index contributed by atoms with van der Waals surface area (Å²) >= 11 is 0. The largest absolute Gasteiger partial charge is 0.345 e. The number of hydrogen-bond donors (Lipinski definition) is 4. The molecule has 0 spiro atoms. The average Bonchev–Trinajstić information content (AvgIpc) is 2.40. The molecule has 1 atom stereocenters. The van der Waals surface area contributed by atoms with Gasteiger partial charge in [-0.05, 0) is 23.7 Å². The zero-order chi connectivity index (χ0) is 17.9. The highest BCUT2D eigenvalue weighted by molar-refractivity contribution is 7.97. The van der Waals surface area contributed by atoms with Crippen LogP contribution in [0.15, 0.2) is 0 Å². The number of hydrogen-bond acceptors (Lipinski definition) is 2. The van der Waals surface area contributed by atoms with Crippen molar-refractivity contribution in [3.63, 3.8) is 0 Å². The summed E-state index contributed by atoms with van der Waals surface area (Å²) in [5, 5.41) is -1.85. The molecule has 6 nitrogen and oxygen atoms in total. The first-order chi connectivity index (χ1) is 10.6. The van der Waals surface area contributed by atoms with E-state index in [4.69, 9.17) is 19.6 Å². The standard InChI is InChI=1S/C14H32O6P2S/c1-3-4-5-6-7-8-9-10-11-12-23(2)13-14(21(15,16)17)22(18,19)20/h14H,3-13H2,1-2H3,(H3-,15,16,17,18,19,20)/p+1. The van der Waals surface area contributed by atoms with E-state index in [1.807, 2.05) is 6.26 Å². The van der Waals surface area contributed by atoms with Crippen molar-refractivity contribution in [2.24, 2.45) is 0 Å². The SMILES string of the molecule is CCCCCCCCCCC[S+](C)CC(P(=O)(O)O)P(=O)(O)O. The fourth-order valence-corrected chi connectivity index (χ4v) is 8.41. The zero-order valence-corrected chi connectivity index (χ0v) is 16.9. The molecule has 0 heterocycles. The second-order valence-corrected chi connectivity index (χ2v) is 12.5. The summed E-state index contributed by atoms with van der Waals surface area (Å²) in [7, 11) is -9.93. The summed E-state index contributed by atoms with van der Waals surface area (Å²) in [5.41, 5.74) is 0. The van der Waals surface area contributed by atoms with Crippen LogP contribution in [0.25, 0.3) is 0 Å². The van der Waals surface area contributed by atoms with E-state index in [-0.39, 0.29) is 16.6 Å². The lowest BCUT2D eigenvalue weighted by Gasteiger charge is -2.18. The third-order valence-electron chi connectivity index (χ3n) is 3.81. The summed E-state index contributed by atoms with van der Waals surface area (Å²) in [6, 6.07) is 0. The quantitative estimate of drug-likeness (QED) is 0.205. The van der Waals surface area contributed by atoms with Gasteiger partial charge >= 0.3 is 15.2 Å². The lowest BCUT2D eigenvalue weighted by molar-refractivity contribution is 0.342. The molecular formula is C14H33O6P2S+. The summed E-state index contributed by atoms with van der Waals surface area (Å²) in [5.74, 6) is 0.665. The molecule has 23 heavy (non-hydrogen) atoms. The Morgan fingerprint density at radius 2 is 1.17 bits per heavy atom. The first-order valence-corrected chi connectivity index (χ1v) is 13.6. The molecule has 9 heteroatoms. The van der Waals surface area contributed by atoms with Crippen LogP contribution in [0, 0.1) is 0 Å². The maximum Gasteiger partial charge on any atom is 0.345 e. The number of rotatable bonds is 14. The van der Waals surface area contributed by atoms with Crippen LogP contribution in [0.1, 0.15) is 64.7 Å². The molecule has 0 rings (SSSR count). The number of unbranched alkanes of at least 4 members (excludes halogenated alkanes) is 8. The van der Waals surface area contributed by atoms with E-state index in [1.54, 1.807) is 0 Å². The molecule has 0 amide bonds. The van der Waals surface area contributed by atoms with Gasteiger partial charge in [-0.25, -0.2) is 0 Å². The molecule has 0 aliphatic heterocycles. The first-order valence-electron chi connectivity index (χ1n) is 8.28. The molecule has 0 saturated heterocycles. The van der Waals surface area contributed by atoms with Crippen LogP contribution in [0.2, 0.25) is 0 Å². The molecule has 0 fully saturated rings. The molecule has 0 aromatic rings. The van der Waals surface area contributed by atoms with Gasteiger partial charge < -0.3 is 19.6 Å². The minimum absolute atomic E-state index is 0.106. The van der Waals surface area contributed by atoms with Crippen molar-refractivity contribution in [2.75, 3.05) is 17.8 Å². The van der Waals surface area contributed by atoms with Crippen LogP contribution in [0.3, 0.4) is 0 Å². The normalized spacial score (nSPS) is 14.4. The molecule has 0 aliphatic carbocycles. The van der Waals surface area contributed by atoms with Gasteiger partial charge in [0.15, 0.2) is 0 Å². The highest BCUT2D eigenvalue weighted by atomic mass is 32.2. The van der Waals surface area contributed by atoms with E-state index in [2.05, 4.69) is 6.92 Å². The van der Waals surface area contributed by atoms with Crippen molar-refractivity contribution in [1.29, 1.82) is 0 Å². The zero-order valence-electron chi connectivity index (χ0n) is 14.3. The summed E-state index contributed by atoms with van der Waals surface area (Å²) in [6.45, 7) is 2.20. The van der Waals surface area contributed by atoms with Crippen LogP contribution in [-0.4, -0.2) is 42.7 Å². The van der Waals surface area contributed by atoms with Crippen LogP contribution in [0.4, 0.5) is 0 Å². The molecule has 0 aromatic carbocycles. The van der Waals surface area contributed by atoms with Crippen LogP contribution >= 0.6 is 15.2 Å². The van der Waals surface area contributed by atoms with Gasteiger partial charge in [0.1, 0.15) is 11.5 Å². The lowest BCUT2D eigenvalue weighted by Crippen LogP contribution is -2.23. The van der Waals surface area contributed by atoms with Crippen molar-refractivity contribution in [3.05, 3.63) is 0 Å². The topological polar surface area (TPSA) is 115 Å². The predicted molar refractivity (Wildman–Crippen MR) is 98.1 cm³/mol. The Kier molecular flexibility index (Phi) is 12.4. The van der Waals surface area contributed by atoms with Crippen molar-refractivity contribution >= 4 is 26.1 Å². The van der Waals surface area contributed by atoms with Crippen LogP contribution in [-0.2, 0) is 20.0 Å². The van der Waals surface area contributed by atoms with Crippen molar-refractivity contribution in [2.45, 2.75) is 70.1 Å². The van der Waals surface area contributed by atoms with Gasteiger partial charge in [0.2, 0.25) is 5.40 Å². The Balaban J connectivity index is 3.87. The van der Waals surface area contributed by atoms with Gasteiger partial charge in [-0.2, -0.15) is 0 Å². The summed E-state index contributed by atoms with van der Waals surface area (Å²) in [4.78, 5) is 36.5. The maximum absolute atomic E-state index is 11.2. The Morgan fingerprint density at radius 3 is 1.57 bits per heavy atom. The van der Waals surface area contributed by atoms with Crippen molar-refractivity contribution in [1.82, 2.24) is 0 Å². The molecule has 0 radical (unpaired) electrons. The Morgan fingerprint density at radius 1 is 0.783 bits per heavy atom. The van der Waals surface area contributed by atoms with Crippen LogP contribution in [0.5, 0.6) is 0 Å². The van der Waals surface area contributed by atoms with E-state index in [0.29, 0.717) is 0 Å². The van der Waals surface area contributed by atoms with E-state index in [9.17, 15) is 9.13 Å². The molecule has 1 unspecified atom stereocenters. The second kappa shape index (κ2) is 12.1. The van der Waals surface area contributed by atoms with Crippen LogP contribution < -0.4 is 0 Å². The fourth-order valence-electron chi connectivity index (χ4n) is 2.39. The third-order valence-corrected chi connectivity index (χ3v) is 9.91. The Hall–Kier alpha value is 0.650. The van der Waals surface area contributed by atoms with E-state index in [1.165, 1.54) is 38.5 Å². The van der Waals surface area contributed by atoms with Gasteiger partial charge in [0.05, 0.1) is 6.26 Å². The molecule has 4 N–H and O–H groups in total. The second-order valence-electron chi connectivity index (χ2n) is 6.14. The van der Waals surface area contributed by atoms with E-state index < -0.39 is 20.6 Å². The average molecular weight is 391 g/mol. The highest BCUT2D eigenvalue weighted by Gasteiger charge is 2.47. The fraction of sp³-hybridized carbons (Fsp3) is 1.00. The molecule has 140 valence electrons. The molecule has 0 saturated carbocycles. The van der Waals surface area contributed by atoms with Crippen molar-refractivity contribution in [3.8, 4) is 0 Å². The van der Waals surface area contributed by atoms with Gasteiger partial charge in [0, 0.05) is 0 Å². The molecule has 0 aliphatic rings. The summed E-state index contributed by atoms with van der Waals surface area (Å²) in [6.07, 6.45) is 12.6. The minimum atomic E-state index is -4.77. The lowest BCUT2D eigenvalue weighted by atomic mass is 10.1. The van der Waals surface area contributed by atoms with Gasteiger partial charge in [-0.1, -0.05) is 51.9 Å². The molecule has 0 bridgehead atoms. The van der Waals surface area contributed by atoms with Gasteiger partial charge in [-0.3, -0.25) is 9.13 Å². The monoisotopic (exact) mass is 391 g/mol. The third kappa shape index (κ3) is 12.6. The van der Waals surface area contributed by atoms with E-state index in [0.717, 1.165) is 25.0 Å². The minimum Gasteiger partial charge on any atom is -0.324 e. The Labute approximate surface area is 143 Å². The molecule has 0 aromatic heterocycles. The van der Waals surface area contributed by atoms with Crippen molar-refractivity contribution < 1.29 is 28.7 Å². The predicted octanol–water partition coefficient (Wildman–Crippen LogP) is 3.45. The van der Waals surface area contributed by atoms with Gasteiger partial charge in [0.25, 0.3) is 0 Å². The highest BCUT2D eigenvalue weighted by Crippen LogP contribution is 2.60. The van der Waals surface area contributed by atoms with E-state index >= 15 is 0 Å². The maximum atomic E-state index is 11.2. The summed E-state index contributed by atoms with van der Waals surface area (Å²) < 4.78 is 22.5. The smallest absolute Gasteiger partial charge is 0.324 e. The Bertz CT molecular complexity index is 373. The van der Waals surface area contributed by atoms with Gasteiger partial charge in [-0.15, -0.1) is 0 Å².